The highest BCUT2D eigenvalue weighted by Gasteiger charge is 2.31. The average Bonchev–Trinajstić information content (AvgIpc) is 3.08. The lowest BCUT2D eigenvalue weighted by molar-refractivity contribution is 0.139. The maximum absolute atomic E-state index is 11.2. The topological polar surface area (TPSA) is 69.2 Å². The number of hydrogen-bond donors (Lipinski definition) is 2. The SMILES string of the molecule is O=C(O)N1CCC[C@H]1c1ncc(-c2ccc(Cl)cc2)[nH]1. The summed E-state index contributed by atoms with van der Waals surface area (Å²) in [7, 11) is 0. The van der Waals surface area contributed by atoms with Gasteiger partial charge in [0.1, 0.15) is 5.82 Å². The van der Waals surface area contributed by atoms with E-state index < -0.39 is 6.09 Å². The zero-order valence-corrected chi connectivity index (χ0v) is 11.5. The van der Waals surface area contributed by atoms with E-state index in [4.69, 9.17) is 16.7 Å². The van der Waals surface area contributed by atoms with Gasteiger partial charge >= 0.3 is 6.09 Å². The first kappa shape index (κ1) is 13.0. The van der Waals surface area contributed by atoms with Crippen LogP contribution >= 0.6 is 11.6 Å². The predicted molar refractivity (Wildman–Crippen MR) is 75.7 cm³/mol. The van der Waals surface area contributed by atoms with Crippen molar-refractivity contribution in [1.82, 2.24) is 14.9 Å². The molecule has 20 heavy (non-hydrogen) atoms. The van der Waals surface area contributed by atoms with Crippen LogP contribution in [0.1, 0.15) is 24.7 Å². The van der Waals surface area contributed by atoms with Gasteiger partial charge in [-0.05, 0) is 30.5 Å². The minimum atomic E-state index is -0.892. The molecule has 3 rings (SSSR count). The van der Waals surface area contributed by atoms with E-state index >= 15 is 0 Å². The molecular weight excluding hydrogens is 278 g/mol. The fourth-order valence-electron chi connectivity index (χ4n) is 2.56. The summed E-state index contributed by atoms with van der Waals surface area (Å²) in [5.41, 5.74) is 1.85. The third-order valence-electron chi connectivity index (χ3n) is 3.56. The summed E-state index contributed by atoms with van der Waals surface area (Å²) in [6.45, 7) is 0.566. The number of H-pyrrole nitrogens is 1. The Hall–Kier alpha value is -2.01. The third kappa shape index (κ3) is 2.36. The number of imidazole rings is 1. The minimum Gasteiger partial charge on any atom is -0.465 e. The Bertz CT molecular complexity index is 624. The number of halogens is 1. The van der Waals surface area contributed by atoms with Crippen LogP contribution in [0, 0.1) is 0 Å². The zero-order chi connectivity index (χ0) is 14.1. The van der Waals surface area contributed by atoms with Crippen LogP contribution in [0.5, 0.6) is 0 Å². The molecule has 1 aliphatic heterocycles. The second kappa shape index (κ2) is 5.17. The average molecular weight is 292 g/mol. The van der Waals surface area contributed by atoms with Gasteiger partial charge in [0.15, 0.2) is 0 Å². The molecule has 1 aliphatic rings. The molecule has 104 valence electrons. The molecule has 0 bridgehead atoms. The van der Waals surface area contributed by atoms with E-state index in [1.54, 1.807) is 6.20 Å². The highest BCUT2D eigenvalue weighted by Crippen LogP contribution is 2.31. The van der Waals surface area contributed by atoms with Crippen molar-refractivity contribution in [1.29, 1.82) is 0 Å². The summed E-state index contributed by atoms with van der Waals surface area (Å²) in [6, 6.07) is 7.27. The van der Waals surface area contributed by atoms with Crippen molar-refractivity contribution in [3.8, 4) is 11.3 Å². The molecule has 0 aliphatic carbocycles. The quantitative estimate of drug-likeness (QED) is 0.889. The first-order chi connectivity index (χ1) is 9.65. The van der Waals surface area contributed by atoms with Crippen LogP contribution in [0.4, 0.5) is 4.79 Å². The Morgan fingerprint density at radius 3 is 2.85 bits per heavy atom. The lowest BCUT2D eigenvalue weighted by Gasteiger charge is -2.19. The number of likely N-dealkylation sites (tertiary alicyclic amines) is 1. The van der Waals surface area contributed by atoms with Gasteiger partial charge in [0.2, 0.25) is 0 Å². The maximum atomic E-state index is 11.2. The van der Waals surface area contributed by atoms with Crippen molar-refractivity contribution in [3.05, 3.63) is 41.3 Å². The normalized spacial score (nSPS) is 18.4. The van der Waals surface area contributed by atoms with E-state index in [0.717, 1.165) is 24.1 Å². The van der Waals surface area contributed by atoms with Crippen LogP contribution in [0.2, 0.25) is 5.02 Å². The van der Waals surface area contributed by atoms with E-state index in [1.165, 1.54) is 4.90 Å². The molecule has 5 nitrogen and oxygen atoms in total. The summed E-state index contributed by atoms with van der Waals surface area (Å²) in [5.74, 6) is 0.704. The standard InChI is InChI=1S/C14H14ClN3O2/c15-10-5-3-9(4-6-10)11-8-16-13(17-11)12-2-1-7-18(12)14(19)20/h3-6,8,12H,1-2,7H2,(H,16,17)(H,19,20)/t12-/m0/s1. The van der Waals surface area contributed by atoms with Crippen molar-refractivity contribution in [2.24, 2.45) is 0 Å². The van der Waals surface area contributed by atoms with Gasteiger partial charge in [-0.3, -0.25) is 4.90 Å². The molecule has 0 spiro atoms. The third-order valence-corrected chi connectivity index (χ3v) is 3.82. The molecule has 0 saturated carbocycles. The molecule has 1 aromatic carbocycles. The summed E-state index contributed by atoms with van der Waals surface area (Å²) in [5, 5.41) is 9.85. The first-order valence-electron chi connectivity index (χ1n) is 6.45. The van der Waals surface area contributed by atoms with Gasteiger partial charge < -0.3 is 10.1 Å². The van der Waals surface area contributed by atoms with Crippen LogP contribution in [0.3, 0.4) is 0 Å². The number of aromatic nitrogens is 2. The van der Waals surface area contributed by atoms with Crippen molar-refractivity contribution in [3.63, 3.8) is 0 Å². The Kier molecular flexibility index (Phi) is 3.36. The number of carbonyl (C=O) groups is 1. The number of amides is 1. The van der Waals surface area contributed by atoms with Gasteiger partial charge in [-0.2, -0.15) is 0 Å². The van der Waals surface area contributed by atoms with Crippen LogP contribution in [-0.4, -0.2) is 32.6 Å². The number of carboxylic acid groups (broad SMARTS) is 1. The van der Waals surface area contributed by atoms with Gasteiger partial charge in [-0.1, -0.05) is 23.7 Å². The summed E-state index contributed by atoms with van der Waals surface area (Å²) in [6.07, 6.45) is 2.52. The molecule has 1 atom stereocenters. The van der Waals surface area contributed by atoms with Crippen molar-refractivity contribution in [2.45, 2.75) is 18.9 Å². The summed E-state index contributed by atoms with van der Waals surface area (Å²) < 4.78 is 0. The van der Waals surface area contributed by atoms with Gasteiger partial charge in [-0.15, -0.1) is 0 Å². The lowest BCUT2D eigenvalue weighted by Crippen LogP contribution is -2.29. The number of aromatic amines is 1. The maximum Gasteiger partial charge on any atom is 0.407 e. The number of nitrogens with one attached hydrogen (secondary N) is 1. The lowest BCUT2D eigenvalue weighted by atomic mass is 10.2. The van der Waals surface area contributed by atoms with E-state index in [2.05, 4.69) is 9.97 Å². The van der Waals surface area contributed by atoms with E-state index in [0.29, 0.717) is 17.4 Å². The highest BCUT2D eigenvalue weighted by atomic mass is 35.5. The second-order valence-corrected chi connectivity index (χ2v) is 5.26. The van der Waals surface area contributed by atoms with Gasteiger partial charge in [0.25, 0.3) is 0 Å². The fourth-order valence-corrected chi connectivity index (χ4v) is 2.69. The van der Waals surface area contributed by atoms with Crippen LogP contribution < -0.4 is 0 Å². The largest absolute Gasteiger partial charge is 0.465 e. The molecule has 0 radical (unpaired) electrons. The van der Waals surface area contributed by atoms with Crippen molar-refractivity contribution in [2.75, 3.05) is 6.54 Å². The van der Waals surface area contributed by atoms with Gasteiger partial charge in [0.05, 0.1) is 17.9 Å². The molecule has 6 heteroatoms. The molecule has 2 heterocycles. The van der Waals surface area contributed by atoms with E-state index in [9.17, 15) is 4.79 Å². The number of rotatable bonds is 2. The molecular formula is C14H14ClN3O2. The Balaban J connectivity index is 1.86. The smallest absolute Gasteiger partial charge is 0.407 e. The summed E-state index contributed by atoms with van der Waals surface area (Å²) in [4.78, 5) is 20.2. The Morgan fingerprint density at radius 2 is 2.15 bits per heavy atom. The minimum absolute atomic E-state index is 0.173. The van der Waals surface area contributed by atoms with Gasteiger partial charge in [0, 0.05) is 11.6 Å². The molecule has 1 fully saturated rings. The monoisotopic (exact) mass is 291 g/mol. The highest BCUT2D eigenvalue weighted by molar-refractivity contribution is 6.30. The van der Waals surface area contributed by atoms with E-state index in [-0.39, 0.29) is 6.04 Å². The predicted octanol–water partition coefficient (Wildman–Crippen LogP) is 3.55. The molecule has 0 unspecified atom stereocenters. The Morgan fingerprint density at radius 1 is 1.40 bits per heavy atom. The first-order valence-corrected chi connectivity index (χ1v) is 6.83. The van der Waals surface area contributed by atoms with Gasteiger partial charge in [-0.25, -0.2) is 9.78 Å². The Labute approximate surface area is 121 Å². The van der Waals surface area contributed by atoms with Crippen LogP contribution in [0.25, 0.3) is 11.3 Å². The van der Waals surface area contributed by atoms with Crippen LogP contribution in [0.15, 0.2) is 30.5 Å². The fraction of sp³-hybridized carbons (Fsp3) is 0.286. The molecule has 1 aromatic heterocycles. The van der Waals surface area contributed by atoms with Crippen molar-refractivity contribution >= 4 is 17.7 Å². The molecule has 2 N–H and O–H groups in total. The number of benzene rings is 1. The number of hydrogen-bond acceptors (Lipinski definition) is 2. The number of nitrogens with zero attached hydrogens (tertiary/aromatic N) is 2. The molecule has 1 saturated heterocycles. The molecule has 2 aromatic rings. The van der Waals surface area contributed by atoms with E-state index in [1.807, 2.05) is 24.3 Å². The zero-order valence-electron chi connectivity index (χ0n) is 10.7. The second-order valence-electron chi connectivity index (χ2n) is 4.82. The summed E-state index contributed by atoms with van der Waals surface area (Å²) >= 11 is 5.86. The molecule has 1 amide bonds. The van der Waals surface area contributed by atoms with Crippen LogP contribution in [-0.2, 0) is 0 Å². The van der Waals surface area contributed by atoms with Crippen molar-refractivity contribution < 1.29 is 9.90 Å².